The molecule has 2 aromatic carbocycles. The summed E-state index contributed by atoms with van der Waals surface area (Å²) in [6.45, 7) is 3.64. The van der Waals surface area contributed by atoms with Crippen molar-refractivity contribution in [3.05, 3.63) is 60.2 Å². The standard InChI is InChI=1S/C18H24NO3P/c1-14(2)22-23(21,18(20)15-8-6-5-7-9-15)17-12-10-16(11-13-17)19(3)4/h5-14,18,20H,1-4H3/t18-,23-/m1/s1. The van der Waals surface area contributed by atoms with Gasteiger partial charge >= 0.3 is 0 Å². The molecule has 0 bridgehead atoms. The van der Waals surface area contributed by atoms with Gasteiger partial charge in [0.05, 0.1) is 6.10 Å². The molecule has 0 aliphatic carbocycles. The maximum atomic E-state index is 13.5. The van der Waals surface area contributed by atoms with Crippen molar-refractivity contribution in [2.24, 2.45) is 0 Å². The molecule has 0 heterocycles. The van der Waals surface area contributed by atoms with Crippen LogP contribution < -0.4 is 10.2 Å². The van der Waals surface area contributed by atoms with Gasteiger partial charge in [-0.2, -0.15) is 0 Å². The first-order valence-electron chi connectivity index (χ1n) is 7.63. The molecule has 0 unspecified atom stereocenters. The Morgan fingerprint density at radius 3 is 2.04 bits per heavy atom. The highest BCUT2D eigenvalue weighted by Crippen LogP contribution is 2.58. The third kappa shape index (κ3) is 4.03. The minimum Gasteiger partial charge on any atom is -0.378 e. The summed E-state index contributed by atoms with van der Waals surface area (Å²) in [7, 11) is 0.431. The molecule has 0 radical (unpaired) electrons. The SMILES string of the molecule is CC(C)O[P@](=O)(c1ccc(N(C)C)cc1)[C@@H](O)c1ccccc1. The first-order chi connectivity index (χ1) is 10.8. The van der Waals surface area contributed by atoms with E-state index in [0.29, 0.717) is 10.9 Å². The summed E-state index contributed by atoms with van der Waals surface area (Å²) >= 11 is 0. The Balaban J connectivity index is 2.44. The Labute approximate surface area is 138 Å². The second-order valence-electron chi connectivity index (χ2n) is 5.95. The first kappa shape index (κ1) is 17.7. The number of aliphatic hydroxyl groups excluding tert-OH is 1. The first-order valence-corrected chi connectivity index (χ1v) is 9.33. The molecule has 0 amide bonds. The molecule has 0 saturated heterocycles. The predicted molar refractivity (Wildman–Crippen MR) is 95.6 cm³/mol. The van der Waals surface area contributed by atoms with Crippen molar-refractivity contribution in [3.63, 3.8) is 0 Å². The number of benzene rings is 2. The van der Waals surface area contributed by atoms with Crippen LogP contribution in [-0.2, 0) is 9.09 Å². The van der Waals surface area contributed by atoms with E-state index in [1.54, 1.807) is 24.3 Å². The van der Waals surface area contributed by atoms with Gasteiger partial charge < -0.3 is 14.5 Å². The second-order valence-corrected chi connectivity index (χ2v) is 8.36. The fraction of sp³-hybridized carbons (Fsp3) is 0.333. The highest BCUT2D eigenvalue weighted by atomic mass is 31.2. The van der Waals surface area contributed by atoms with Crippen LogP contribution >= 0.6 is 7.37 Å². The molecular weight excluding hydrogens is 309 g/mol. The molecule has 23 heavy (non-hydrogen) atoms. The van der Waals surface area contributed by atoms with Gasteiger partial charge in [-0.15, -0.1) is 0 Å². The highest BCUT2D eigenvalue weighted by Gasteiger charge is 2.37. The molecule has 2 aromatic rings. The lowest BCUT2D eigenvalue weighted by Crippen LogP contribution is -2.18. The van der Waals surface area contributed by atoms with E-state index in [1.165, 1.54) is 0 Å². The quantitative estimate of drug-likeness (QED) is 0.818. The summed E-state index contributed by atoms with van der Waals surface area (Å²) in [5, 5.41) is 11.2. The molecule has 0 aliphatic heterocycles. The lowest BCUT2D eigenvalue weighted by atomic mass is 10.2. The molecule has 0 fully saturated rings. The van der Waals surface area contributed by atoms with Crippen LogP contribution in [0.3, 0.4) is 0 Å². The largest absolute Gasteiger partial charge is 0.378 e. The summed E-state index contributed by atoms with van der Waals surface area (Å²) in [4.78, 5) is 1.96. The number of nitrogens with zero attached hydrogens (tertiary/aromatic N) is 1. The zero-order valence-corrected chi connectivity index (χ0v) is 14.9. The average molecular weight is 333 g/mol. The fourth-order valence-corrected chi connectivity index (χ4v) is 4.63. The van der Waals surface area contributed by atoms with E-state index in [1.807, 2.05) is 63.2 Å². The fourth-order valence-electron chi connectivity index (χ4n) is 2.35. The Kier molecular flexibility index (Phi) is 5.64. The summed E-state index contributed by atoms with van der Waals surface area (Å²) < 4.78 is 19.3. The summed E-state index contributed by atoms with van der Waals surface area (Å²) in [6, 6.07) is 16.3. The van der Waals surface area contributed by atoms with Crippen molar-refractivity contribution in [2.45, 2.75) is 25.8 Å². The maximum Gasteiger partial charge on any atom is 0.264 e. The van der Waals surface area contributed by atoms with Gasteiger partial charge in [-0.3, -0.25) is 4.57 Å². The molecule has 0 saturated carbocycles. The minimum atomic E-state index is -3.45. The van der Waals surface area contributed by atoms with Gasteiger partial charge in [-0.05, 0) is 43.7 Å². The molecule has 5 heteroatoms. The van der Waals surface area contributed by atoms with Crippen molar-refractivity contribution >= 4 is 18.4 Å². The highest BCUT2D eigenvalue weighted by molar-refractivity contribution is 7.67. The van der Waals surface area contributed by atoms with Crippen LogP contribution in [0.4, 0.5) is 5.69 Å². The molecular formula is C18H24NO3P. The van der Waals surface area contributed by atoms with Gasteiger partial charge in [0.25, 0.3) is 7.37 Å². The van der Waals surface area contributed by atoms with E-state index < -0.39 is 13.2 Å². The molecule has 0 spiro atoms. The molecule has 4 nitrogen and oxygen atoms in total. The van der Waals surface area contributed by atoms with Gasteiger partial charge in [0.1, 0.15) is 0 Å². The Hall–Kier alpha value is -1.61. The van der Waals surface area contributed by atoms with E-state index in [-0.39, 0.29) is 6.10 Å². The zero-order chi connectivity index (χ0) is 17.0. The van der Waals surface area contributed by atoms with Crippen molar-refractivity contribution < 1.29 is 14.2 Å². The Morgan fingerprint density at radius 2 is 1.57 bits per heavy atom. The van der Waals surface area contributed by atoms with Crippen LogP contribution in [0.5, 0.6) is 0 Å². The number of rotatable bonds is 6. The van der Waals surface area contributed by atoms with E-state index in [4.69, 9.17) is 4.52 Å². The zero-order valence-electron chi connectivity index (χ0n) is 14.0. The van der Waals surface area contributed by atoms with Crippen LogP contribution in [0.1, 0.15) is 25.3 Å². The van der Waals surface area contributed by atoms with Gasteiger partial charge in [-0.1, -0.05) is 30.3 Å². The van der Waals surface area contributed by atoms with Crippen molar-refractivity contribution in [3.8, 4) is 0 Å². The maximum absolute atomic E-state index is 13.5. The number of anilines is 1. The normalized spacial score (nSPS) is 15.2. The predicted octanol–water partition coefficient (Wildman–Crippen LogP) is 3.77. The number of hydrogen-bond donors (Lipinski definition) is 1. The molecule has 0 aromatic heterocycles. The summed E-state index contributed by atoms with van der Waals surface area (Å²) in [6.07, 6.45) is -0.257. The average Bonchev–Trinajstić information content (AvgIpc) is 2.54. The third-order valence-corrected chi connectivity index (χ3v) is 6.21. The lowest BCUT2D eigenvalue weighted by Gasteiger charge is -2.26. The van der Waals surface area contributed by atoms with Crippen molar-refractivity contribution in [2.75, 3.05) is 19.0 Å². The van der Waals surface area contributed by atoms with Crippen molar-refractivity contribution in [1.82, 2.24) is 0 Å². The monoisotopic (exact) mass is 333 g/mol. The van der Waals surface area contributed by atoms with E-state index in [9.17, 15) is 9.67 Å². The minimum absolute atomic E-state index is 0.257. The number of hydrogen-bond acceptors (Lipinski definition) is 4. The molecule has 0 aliphatic rings. The van der Waals surface area contributed by atoms with E-state index in [0.717, 1.165) is 5.69 Å². The molecule has 2 rings (SSSR count). The summed E-state index contributed by atoms with van der Waals surface area (Å²) in [5.74, 6) is -1.18. The molecule has 1 N–H and O–H groups in total. The van der Waals surface area contributed by atoms with Gasteiger partial charge in [-0.25, -0.2) is 0 Å². The van der Waals surface area contributed by atoms with Gasteiger partial charge in [0.15, 0.2) is 5.85 Å². The second kappa shape index (κ2) is 7.31. The Morgan fingerprint density at radius 1 is 1.00 bits per heavy atom. The summed E-state index contributed by atoms with van der Waals surface area (Å²) in [5.41, 5.74) is 1.59. The van der Waals surface area contributed by atoms with Crippen LogP contribution in [0.2, 0.25) is 0 Å². The number of aliphatic hydroxyl groups is 1. The lowest BCUT2D eigenvalue weighted by molar-refractivity contribution is 0.189. The van der Waals surface area contributed by atoms with Crippen LogP contribution in [-0.4, -0.2) is 25.3 Å². The Bertz CT molecular complexity index is 668. The van der Waals surface area contributed by atoms with Crippen LogP contribution in [0, 0.1) is 0 Å². The smallest absolute Gasteiger partial charge is 0.264 e. The van der Waals surface area contributed by atoms with Crippen LogP contribution in [0.15, 0.2) is 54.6 Å². The van der Waals surface area contributed by atoms with E-state index >= 15 is 0 Å². The third-order valence-electron chi connectivity index (χ3n) is 3.51. The molecule has 124 valence electrons. The van der Waals surface area contributed by atoms with Gasteiger partial charge in [0.2, 0.25) is 0 Å². The van der Waals surface area contributed by atoms with Gasteiger partial charge in [0, 0.05) is 25.1 Å². The van der Waals surface area contributed by atoms with Crippen molar-refractivity contribution in [1.29, 1.82) is 0 Å². The van der Waals surface area contributed by atoms with Crippen LogP contribution in [0.25, 0.3) is 0 Å². The molecule has 2 atom stereocenters. The van der Waals surface area contributed by atoms with E-state index in [2.05, 4.69) is 0 Å². The topological polar surface area (TPSA) is 49.8 Å².